The van der Waals surface area contributed by atoms with Crippen molar-refractivity contribution in [3.63, 3.8) is 0 Å². The summed E-state index contributed by atoms with van der Waals surface area (Å²) in [6.07, 6.45) is 11.9. The van der Waals surface area contributed by atoms with Gasteiger partial charge < -0.3 is 9.84 Å². The highest BCUT2D eigenvalue weighted by molar-refractivity contribution is 5.80. The molecule has 0 atom stereocenters. The molecule has 0 saturated carbocycles. The number of aromatic nitrogens is 1. The standard InChI is InChI=1S/C27H25NO3/c29-27(30)19-31-26-16-6-14-24-21(11-5-15-25(24)26)10-4-13-23(20-8-2-1-3-9-20)22-12-7-17-28-18-22/h1-3,6-9,11-14,16-18H,4-5,10,15,19H2,(H,29,30)/b23-13+. The number of hydrogen-bond acceptors (Lipinski definition) is 3. The van der Waals surface area contributed by atoms with Gasteiger partial charge in [-0.1, -0.05) is 60.7 Å². The predicted molar refractivity (Wildman–Crippen MR) is 123 cm³/mol. The minimum atomic E-state index is -0.960. The molecule has 156 valence electrons. The summed E-state index contributed by atoms with van der Waals surface area (Å²) in [5.41, 5.74) is 7.04. The first-order valence-corrected chi connectivity index (χ1v) is 10.5. The van der Waals surface area contributed by atoms with Gasteiger partial charge in [-0.15, -0.1) is 0 Å². The predicted octanol–water partition coefficient (Wildman–Crippen LogP) is 5.79. The van der Waals surface area contributed by atoms with Crippen LogP contribution in [-0.2, 0) is 11.2 Å². The number of carboxylic acid groups (broad SMARTS) is 1. The fourth-order valence-corrected chi connectivity index (χ4v) is 4.05. The maximum Gasteiger partial charge on any atom is 0.341 e. The number of carboxylic acids is 1. The Kier molecular flexibility index (Phi) is 6.58. The van der Waals surface area contributed by atoms with Crippen LogP contribution in [0, 0.1) is 0 Å². The second kappa shape index (κ2) is 9.90. The lowest BCUT2D eigenvalue weighted by Crippen LogP contribution is -2.12. The molecule has 31 heavy (non-hydrogen) atoms. The quantitative estimate of drug-likeness (QED) is 0.510. The monoisotopic (exact) mass is 411 g/mol. The average Bonchev–Trinajstić information content (AvgIpc) is 2.81. The number of carbonyl (C=O) groups is 1. The molecule has 0 amide bonds. The smallest absolute Gasteiger partial charge is 0.341 e. The number of hydrogen-bond donors (Lipinski definition) is 1. The molecule has 1 aliphatic carbocycles. The second-order valence-corrected chi connectivity index (χ2v) is 7.50. The van der Waals surface area contributed by atoms with Crippen molar-refractivity contribution in [2.45, 2.75) is 25.7 Å². The molecule has 3 aromatic rings. The minimum absolute atomic E-state index is 0.316. The number of nitrogens with zero attached hydrogens (tertiary/aromatic N) is 1. The van der Waals surface area contributed by atoms with E-state index in [0.717, 1.165) is 36.8 Å². The third kappa shape index (κ3) is 5.10. The fraction of sp³-hybridized carbons (Fsp3) is 0.185. The van der Waals surface area contributed by atoms with E-state index in [9.17, 15) is 4.79 Å². The number of allylic oxidation sites excluding steroid dienone is 3. The van der Waals surface area contributed by atoms with Gasteiger partial charge in [-0.25, -0.2) is 4.79 Å². The Morgan fingerprint density at radius 3 is 2.65 bits per heavy atom. The molecule has 1 aliphatic rings. The van der Waals surface area contributed by atoms with Crippen molar-refractivity contribution < 1.29 is 14.6 Å². The largest absolute Gasteiger partial charge is 0.482 e. The first kappa shape index (κ1) is 20.6. The summed E-state index contributed by atoms with van der Waals surface area (Å²) in [6.45, 7) is -0.316. The van der Waals surface area contributed by atoms with Gasteiger partial charge in [0.15, 0.2) is 6.61 Å². The molecule has 2 aromatic carbocycles. The molecule has 0 unspecified atom stereocenters. The SMILES string of the molecule is O=C(O)COc1cccc2c1CCC=C2CC/C=C(\c1ccccc1)c1cccnc1. The molecule has 1 aromatic heterocycles. The number of benzene rings is 2. The third-order valence-corrected chi connectivity index (χ3v) is 5.43. The summed E-state index contributed by atoms with van der Waals surface area (Å²) in [7, 11) is 0. The van der Waals surface area contributed by atoms with Crippen molar-refractivity contribution in [2.75, 3.05) is 6.61 Å². The number of aliphatic carboxylic acids is 1. The molecule has 0 fully saturated rings. The second-order valence-electron chi connectivity index (χ2n) is 7.50. The highest BCUT2D eigenvalue weighted by Crippen LogP contribution is 2.35. The van der Waals surface area contributed by atoms with E-state index in [0.29, 0.717) is 5.75 Å². The maximum absolute atomic E-state index is 10.9. The van der Waals surface area contributed by atoms with Crippen LogP contribution in [0.2, 0.25) is 0 Å². The Hall–Kier alpha value is -3.66. The fourth-order valence-electron chi connectivity index (χ4n) is 4.05. The van der Waals surface area contributed by atoms with Crippen LogP contribution < -0.4 is 4.74 Å². The van der Waals surface area contributed by atoms with Crippen LogP contribution in [0.1, 0.15) is 41.5 Å². The summed E-state index contributed by atoms with van der Waals surface area (Å²) < 4.78 is 5.53. The Balaban J connectivity index is 1.55. The van der Waals surface area contributed by atoms with Crippen LogP contribution in [0.25, 0.3) is 11.1 Å². The number of ether oxygens (including phenoxy) is 1. The van der Waals surface area contributed by atoms with Gasteiger partial charge in [0.2, 0.25) is 0 Å². The van der Waals surface area contributed by atoms with Crippen molar-refractivity contribution >= 4 is 17.1 Å². The van der Waals surface area contributed by atoms with Gasteiger partial charge in [0, 0.05) is 23.5 Å². The van der Waals surface area contributed by atoms with E-state index < -0.39 is 5.97 Å². The van der Waals surface area contributed by atoms with Crippen LogP contribution in [0.3, 0.4) is 0 Å². The molecule has 0 radical (unpaired) electrons. The first-order chi connectivity index (χ1) is 15.2. The zero-order chi connectivity index (χ0) is 21.5. The minimum Gasteiger partial charge on any atom is -0.482 e. The van der Waals surface area contributed by atoms with Gasteiger partial charge in [-0.3, -0.25) is 4.98 Å². The molecular formula is C27H25NO3. The molecule has 0 saturated heterocycles. The Morgan fingerprint density at radius 1 is 1.03 bits per heavy atom. The molecule has 4 rings (SSSR count). The third-order valence-electron chi connectivity index (χ3n) is 5.43. The summed E-state index contributed by atoms with van der Waals surface area (Å²) in [5, 5.41) is 8.94. The average molecular weight is 412 g/mol. The van der Waals surface area contributed by atoms with Gasteiger partial charge in [0.05, 0.1) is 0 Å². The van der Waals surface area contributed by atoms with E-state index in [-0.39, 0.29) is 6.61 Å². The van der Waals surface area contributed by atoms with Crippen LogP contribution >= 0.6 is 0 Å². The lowest BCUT2D eigenvalue weighted by Gasteiger charge is -2.20. The Labute approximate surface area is 182 Å². The van der Waals surface area contributed by atoms with Gasteiger partial charge in [-0.2, -0.15) is 0 Å². The highest BCUT2D eigenvalue weighted by atomic mass is 16.5. The van der Waals surface area contributed by atoms with E-state index in [1.807, 2.05) is 30.5 Å². The molecule has 0 aliphatic heterocycles. The number of pyridine rings is 1. The van der Waals surface area contributed by atoms with Crippen LogP contribution in [-0.4, -0.2) is 22.7 Å². The van der Waals surface area contributed by atoms with Crippen molar-refractivity contribution in [2.24, 2.45) is 0 Å². The van der Waals surface area contributed by atoms with Crippen LogP contribution in [0.15, 0.2) is 85.2 Å². The normalized spacial score (nSPS) is 13.3. The lowest BCUT2D eigenvalue weighted by atomic mass is 9.87. The van der Waals surface area contributed by atoms with E-state index in [2.05, 4.69) is 53.5 Å². The van der Waals surface area contributed by atoms with Crippen molar-refractivity contribution in [1.29, 1.82) is 0 Å². The highest BCUT2D eigenvalue weighted by Gasteiger charge is 2.17. The molecule has 1 N–H and O–H groups in total. The molecule has 0 bridgehead atoms. The number of rotatable bonds is 8. The Bertz CT molecular complexity index is 1060. The maximum atomic E-state index is 10.9. The van der Waals surface area contributed by atoms with Crippen molar-refractivity contribution in [1.82, 2.24) is 4.98 Å². The molecule has 4 heteroatoms. The van der Waals surface area contributed by atoms with Gasteiger partial charge in [0.25, 0.3) is 0 Å². The van der Waals surface area contributed by atoms with E-state index >= 15 is 0 Å². The van der Waals surface area contributed by atoms with E-state index in [1.54, 1.807) is 6.20 Å². The van der Waals surface area contributed by atoms with E-state index in [1.165, 1.54) is 22.3 Å². The summed E-state index contributed by atoms with van der Waals surface area (Å²) >= 11 is 0. The zero-order valence-electron chi connectivity index (χ0n) is 17.3. The molecule has 4 nitrogen and oxygen atoms in total. The topological polar surface area (TPSA) is 59.4 Å². The summed E-state index contributed by atoms with van der Waals surface area (Å²) in [4.78, 5) is 15.2. The van der Waals surface area contributed by atoms with E-state index in [4.69, 9.17) is 9.84 Å². The number of fused-ring (bicyclic) bond motifs is 1. The molecule has 1 heterocycles. The lowest BCUT2D eigenvalue weighted by molar-refractivity contribution is -0.139. The summed E-state index contributed by atoms with van der Waals surface area (Å²) in [6, 6.07) is 20.3. The van der Waals surface area contributed by atoms with Crippen molar-refractivity contribution in [3.8, 4) is 5.75 Å². The molecular weight excluding hydrogens is 386 g/mol. The Morgan fingerprint density at radius 2 is 1.87 bits per heavy atom. The van der Waals surface area contributed by atoms with Gasteiger partial charge >= 0.3 is 5.97 Å². The first-order valence-electron chi connectivity index (χ1n) is 10.5. The van der Waals surface area contributed by atoms with Crippen LogP contribution in [0.5, 0.6) is 5.75 Å². The van der Waals surface area contributed by atoms with Gasteiger partial charge in [-0.05, 0) is 60.1 Å². The van der Waals surface area contributed by atoms with Crippen LogP contribution in [0.4, 0.5) is 0 Å². The molecule has 0 spiro atoms. The zero-order valence-corrected chi connectivity index (χ0v) is 17.3. The van der Waals surface area contributed by atoms with Crippen molar-refractivity contribution in [3.05, 3.63) is 107 Å². The summed E-state index contributed by atoms with van der Waals surface area (Å²) in [5.74, 6) is -0.278. The van der Waals surface area contributed by atoms with Gasteiger partial charge in [0.1, 0.15) is 5.75 Å².